The van der Waals surface area contributed by atoms with E-state index in [-0.39, 0.29) is 57.1 Å². The van der Waals surface area contributed by atoms with Gasteiger partial charge in [0.1, 0.15) is 24.2 Å². The molecular formula is C27H29Cl3FN4O5S+. The van der Waals surface area contributed by atoms with E-state index >= 15 is 0 Å². The first-order chi connectivity index (χ1) is 19.5. The van der Waals surface area contributed by atoms with Gasteiger partial charge < -0.3 is 10.2 Å². The van der Waals surface area contributed by atoms with E-state index in [1.54, 1.807) is 24.3 Å². The van der Waals surface area contributed by atoms with Gasteiger partial charge >= 0.3 is 10.0 Å². The molecule has 2 aromatic rings. The number of carbonyl (C=O) groups excluding carboxylic acids is 3. The van der Waals surface area contributed by atoms with Crippen LogP contribution in [0.1, 0.15) is 24.8 Å². The Kier molecular flexibility index (Phi) is 8.82. The normalized spacial score (nSPS) is 25.1. The molecule has 9 nitrogen and oxygen atoms in total. The molecule has 2 heterocycles. The van der Waals surface area contributed by atoms with Crippen molar-refractivity contribution in [1.82, 2.24) is 15.1 Å². The standard InChI is InChI=1S/C27H28Cl3FN4O5S/c28-18-6-4-16(5-7-18)12-22-27(38)33(11-10-31)15-24-34(41(39,40)23-9-8-19(29)13-20(23)30)14-21(26(37)35(22)24)32-25(36)17-2-1-3-17/h4-9,13,17,21-22,24H,1-3,10-12,14-15H2,(H,32,36)/p+1. The second kappa shape index (κ2) is 12.0. The molecule has 4 unspecified atom stereocenters. The van der Waals surface area contributed by atoms with Gasteiger partial charge in [0, 0.05) is 28.9 Å². The molecular weight excluding hydrogens is 618 g/mol. The van der Waals surface area contributed by atoms with Gasteiger partial charge in [-0.3, -0.25) is 19.3 Å². The highest BCUT2D eigenvalue weighted by atomic mass is 35.5. The first-order valence-electron chi connectivity index (χ1n) is 13.3. The molecule has 3 amide bonds. The molecule has 220 valence electrons. The molecule has 41 heavy (non-hydrogen) atoms. The lowest BCUT2D eigenvalue weighted by atomic mass is 9.84. The Hall–Kier alpha value is -2.44. The van der Waals surface area contributed by atoms with Crippen LogP contribution in [0.25, 0.3) is 0 Å². The van der Waals surface area contributed by atoms with Crippen LogP contribution in [-0.4, -0.2) is 80.5 Å². The summed E-state index contributed by atoms with van der Waals surface area (Å²) in [5, 5.41) is 3.37. The summed E-state index contributed by atoms with van der Waals surface area (Å²) in [6.07, 6.45) is 1.22. The number of amides is 3. The predicted molar refractivity (Wildman–Crippen MR) is 151 cm³/mol. The van der Waals surface area contributed by atoms with E-state index in [2.05, 4.69) is 5.32 Å². The number of benzene rings is 2. The van der Waals surface area contributed by atoms with Crippen molar-refractivity contribution in [2.75, 3.05) is 26.3 Å². The van der Waals surface area contributed by atoms with Crippen LogP contribution in [0.3, 0.4) is 0 Å². The Labute approximate surface area is 252 Å². The van der Waals surface area contributed by atoms with Crippen molar-refractivity contribution in [3.63, 3.8) is 0 Å². The number of carbonyl (C=O) groups is 3. The Morgan fingerprint density at radius 3 is 2.32 bits per heavy atom. The van der Waals surface area contributed by atoms with Crippen LogP contribution in [0.5, 0.6) is 0 Å². The van der Waals surface area contributed by atoms with Gasteiger partial charge in [-0.25, -0.2) is 8.70 Å². The minimum atomic E-state index is -4.31. The number of nitrogens with one attached hydrogen (secondary N) is 2. The topological polar surface area (TPSA) is 108 Å². The monoisotopic (exact) mass is 645 g/mol. The fourth-order valence-electron chi connectivity index (χ4n) is 5.63. The van der Waals surface area contributed by atoms with E-state index in [4.69, 9.17) is 34.8 Å². The predicted octanol–water partition coefficient (Wildman–Crippen LogP) is 2.10. The number of hydrogen-bond donors (Lipinski definition) is 2. The Morgan fingerprint density at radius 2 is 1.71 bits per heavy atom. The van der Waals surface area contributed by atoms with Crippen molar-refractivity contribution < 1.29 is 31.5 Å². The van der Waals surface area contributed by atoms with Gasteiger partial charge in [0.05, 0.1) is 11.6 Å². The number of halogens is 4. The van der Waals surface area contributed by atoms with Crippen molar-refractivity contribution in [1.29, 1.82) is 0 Å². The van der Waals surface area contributed by atoms with E-state index in [0.717, 1.165) is 6.42 Å². The SMILES string of the molecule is O=C(NC1C[NH+](S(=O)(=O)c2ccc(Cl)cc2Cl)C2CN(CCF)C(=O)C(Cc3ccc(Cl)cc3)N2C1=O)C1CCC1. The Balaban J connectivity index is 1.58. The maximum Gasteiger partial charge on any atom is 0.329 e. The summed E-state index contributed by atoms with van der Waals surface area (Å²) in [6.45, 7) is -1.61. The average Bonchev–Trinajstić information content (AvgIpc) is 2.88. The number of fused-ring (bicyclic) bond motifs is 1. The number of quaternary nitrogens is 1. The number of rotatable bonds is 8. The van der Waals surface area contributed by atoms with Crippen molar-refractivity contribution in [3.05, 3.63) is 63.1 Å². The number of piperazine rings is 1. The first kappa shape index (κ1) is 30.0. The van der Waals surface area contributed by atoms with Gasteiger partial charge in [0.15, 0.2) is 12.2 Å². The van der Waals surface area contributed by atoms with Crippen molar-refractivity contribution >= 4 is 62.5 Å². The highest BCUT2D eigenvalue weighted by molar-refractivity contribution is 7.85. The van der Waals surface area contributed by atoms with Crippen LogP contribution >= 0.6 is 34.8 Å². The van der Waals surface area contributed by atoms with E-state index in [1.807, 2.05) is 0 Å². The van der Waals surface area contributed by atoms with Crippen LogP contribution in [0, 0.1) is 5.92 Å². The van der Waals surface area contributed by atoms with Crippen molar-refractivity contribution in [3.8, 4) is 0 Å². The van der Waals surface area contributed by atoms with E-state index in [0.29, 0.717) is 23.4 Å². The van der Waals surface area contributed by atoms with Crippen molar-refractivity contribution in [2.24, 2.45) is 5.92 Å². The molecule has 0 aromatic heterocycles. The summed E-state index contributed by atoms with van der Waals surface area (Å²) in [5.74, 6) is -1.64. The summed E-state index contributed by atoms with van der Waals surface area (Å²) in [7, 11) is -4.31. The molecule has 2 aliphatic heterocycles. The summed E-state index contributed by atoms with van der Waals surface area (Å²) < 4.78 is 41.8. The van der Waals surface area contributed by atoms with Crippen LogP contribution in [0.4, 0.5) is 4.39 Å². The van der Waals surface area contributed by atoms with Gasteiger partial charge in [0.2, 0.25) is 11.8 Å². The maximum atomic E-state index is 14.2. The number of sulfonamides is 1. The van der Waals surface area contributed by atoms with Crippen LogP contribution in [0.2, 0.25) is 15.1 Å². The second-order valence-corrected chi connectivity index (χ2v) is 13.8. The molecule has 0 spiro atoms. The smallest absolute Gasteiger partial charge is 0.329 e. The summed E-state index contributed by atoms with van der Waals surface area (Å²) in [6, 6.07) is 8.35. The maximum absolute atomic E-state index is 14.2. The molecule has 2 N–H and O–H groups in total. The van der Waals surface area contributed by atoms with Gasteiger partial charge in [-0.2, -0.15) is 8.42 Å². The lowest BCUT2D eigenvalue weighted by Gasteiger charge is -2.50. The lowest BCUT2D eigenvalue weighted by molar-refractivity contribution is -0.817. The summed E-state index contributed by atoms with van der Waals surface area (Å²) >= 11 is 18.4. The molecule has 3 fully saturated rings. The average molecular weight is 647 g/mol. The van der Waals surface area contributed by atoms with Crippen LogP contribution in [0.15, 0.2) is 47.4 Å². The third-order valence-electron chi connectivity index (χ3n) is 8.01. The molecule has 3 aliphatic rings. The molecule has 4 atom stereocenters. The zero-order valence-electron chi connectivity index (χ0n) is 21.9. The minimum Gasteiger partial charge on any atom is -0.339 e. The second-order valence-electron chi connectivity index (χ2n) is 10.5. The van der Waals surface area contributed by atoms with Crippen LogP contribution < -0.4 is 9.62 Å². The number of nitrogens with zero attached hydrogens (tertiary/aromatic N) is 2. The number of hydrogen-bond acceptors (Lipinski definition) is 5. The van der Waals surface area contributed by atoms with E-state index in [9.17, 15) is 27.2 Å². The third kappa shape index (κ3) is 5.92. The van der Waals surface area contributed by atoms with Gasteiger partial charge in [0.25, 0.3) is 5.91 Å². The quantitative estimate of drug-likeness (QED) is 0.457. The fraction of sp³-hybridized carbons (Fsp3) is 0.444. The molecule has 0 bridgehead atoms. The molecule has 1 aliphatic carbocycles. The first-order valence-corrected chi connectivity index (χ1v) is 15.9. The molecule has 2 aromatic carbocycles. The zero-order valence-corrected chi connectivity index (χ0v) is 24.9. The highest BCUT2D eigenvalue weighted by Crippen LogP contribution is 2.29. The van der Waals surface area contributed by atoms with E-state index in [1.165, 1.54) is 28.0 Å². The lowest BCUT2D eigenvalue weighted by Crippen LogP contribution is -3.23. The largest absolute Gasteiger partial charge is 0.339 e. The highest BCUT2D eigenvalue weighted by Gasteiger charge is 2.57. The molecule has 5 rings (SSSR count). The minimum absolute atomic E-state index is 0.0410. The van der Waals surface area contributed by atoms with Gasteiger partial charge in [-0.15, -0.1) is 0 Å². The Bertz CT molecular complexity index is 1460. The van der Waals surface area contributed by atoms with Crippen LogP contribution in [-0.2, 0) is 30.8 Å². The van der Waals surface area contributed by atoms with Gasteiger partial charge in [-0.05, 0) is 48.7 Å². The third-order valence-corrected chi connectivity index (χ3v) is 11.0. The van der Waals surface area contributed by atoms with Crippen molar-refractivity contribution in [2.45, 2.75) is 48.8 Å². The van der Waals surface area contributed by atoms with E-state index < -0.39 is 46.8 Å². The van der Waals surface area contributed by atoms with Gasteiger partial charge in [-0.1, -0.05) is 53.4 Å². The summed E-state index contributed by atoms with van der Waals surface area (Å²) in [5.41, 5.74) is 0.673. The fourth-order valence-corrected chi connectivity index (χ4v) is 8.25. The Morgan fingerprint density at radius 1 is 1.02 bits per heavy atom. The zero-order chi connectivity index (χ0) is 29.5. The molecule has 0 radical (unpaired) electrons. The summed E-state index contributed by atoms with van der Waals surface area (Å²) in [4.78, 5) is 42.9. The number of alkyl halides is 1. The molecule has 14 heteroatoms. The molecule has 2 saturated heterocycles. The molecule has 1 saturated carbocycles.